The molecule has 0 saturated carbocycles. The van der Waals surface area contributed by atoms with E-state index in [2.05, 4.69) is 40.5 Å². The van der Waals surface area contributed by atoms with Gasteiger partial charge in [0.05, 0.1) is 11.3 Å². The van der Waals surface area contributed by atoms with Crippen molar-refractivity contribution in [3.05, 3.63) is 83.4 Å². The van der Waals surface area contributed by atoms with Crippen molar-refractivity contribution >= 4 is 17.3 Å². The van der Waals surface area contributed by atoms with E-state index in [9.17, 15) is 4.79 Å². The molecule has 1 aromatic carbocycles. The molecule has 1 amide bonds. The monoisotopic (exact) mass is 360 g/mol. The summed E-state index contributed by atoms with van der Waals surface area (Å²) in [4.78, 5) is 21.0. The van der Waals surface area contributed by atoms with Crippen LogP contribution in [0, 0.1) is 6.92 Å². The minimum absolute atomic E-state index is 0.161. The number of amides is 1. The lowest BCUT2D eigenvalue weighted by Gasteiger charge is -2.16. The standard InChI is InChI=1S/C22H24N4O/c1-15(2)20-6-4-5-16(3)21(20)26-22(27)18-11-19(14-24-13-18)25-12-17-7-9-23-10-8-17/h4-11,13-15,25H,12H2,1-3H3,(H,26,27). The molecule has 2 N–H and O–H groups in total. The first kappa shape index (κ1) is 18.6. The Hall–Kier alpha value is -3.21. The van der Waals surface area contributed by atoms with Crippen LogP contribution in [0.4, 0.5) is 11.4 Å². The molecule has 2 aromatic heterocycles. The number of carbonyl (C=O) groups excluding carboxylic acids is 1. The van der Waals surface area contributed by atoms with E-state index in [1.807, 2.05) is 37.3 Å². The first-order chi connectivity index (χ1) is 13.0. The van der Waals surface area contributed by atoms with Crippen LogP contribution in [0.3, 0.4) is 0 Å². The molecule has 138 valence electrons. The smallest absolute Gasteiger partial charge is 0.257 e. The highest BCUT2D eigenvalue weighted by molar-refractivity contribution is 6.05. The lowest BCUT2D eigenvalue weighted by molar-refractivity contribution is 0.102. The third kappa shape index (κ3) is 4.70. The van der Waals surface area contributed by atoms with Crippen molar-refractivity contribution in [3.8, 4) is 0 Å². The predicted octanol–water partition coefficient (Wildman–Crippen LogP) is 4.77. The number of carbonyl (C=O) groups is 1. The Morgan fingerprint density at radius 2 is 1.85 bits per heavy atom. The summed E-state index contributed by atoms with van der Waals surface area (Å²) >= 11 is 0. The van der Waals surface area contributed by atoms with Crippen LogP contribution in [-0.2, 0) is 6.54 Å². The minimum Gasteiger partial charge on any atom is -0.380 e. The van der Waals surface area contributed by atoms with Crippen LogP contribution in [0.5, 0.6) is 0 Å². The Bertz CT molecular complexity index is 923. The van der Waals surface area contributed by atoms with Gasteiger partial charge in [-0.05, 0) is 47.7 Å². The van der Waals surface area contributed by atoms with Crippen LogP contribution in [-0.4, -0.2) is 15.9 Å². The topological polar surface area (TPSA) is 66.9 Å². The van der Waals surface area contributed by atoms with Crippen molar-refractivity contribution in [1.29, 1.82) is 0 Å². The van der Waals surface area contributed by atoms with Crippen molar-refractivity contribution < 1.29 is 4.79 Å². The molecule has 0 aliphatic heterocycles. The number of aryl methyl sites for hydroxylation is 1. The van der Waals surface area contributed by atoms with Crippen molar-refractivity contribution in [2.75, 3.05) is 10.6 Å². The quantitative estimate of drug-likeness (QED) is 0.664. The van der Waals surface area contributed by atoms with Crippen molar-refractivity contribution in [2.24, 2.45) is 0 Å². The van der Waals surface area contributed by atoms with Crippen LogP contribution >= 0.6 is 0 Å². The van der Waals surface area contributed by atoms with Gasteiger partial charge in [0.1, 0.15) is 0 Å². The van der Waals surface area contributed by atoms with Crippen LogP contribution in [0.2, 0.25) is 0 Å². The van der Waals surface area contributed by atoms with E-state index in [0.717, 1.165) is 28.1 Å². The maximum atomic E-state index is 12.8. The largest absolute Gasteiger partial charge is 0.380 e. The Kier molecular flexibility index (Phi) is 5.81. The van der Waals surface area contributed by atoms with E-state index in [1.54, 1.807) is 24.8 Å². The molecule has 0 bridgehead atoms. The Balaban J connectivity index is 1.74. The fraction of sp³-hybridized carbons (Fsp3) is 0.227. The number of hydrogen-bond donors (Lipinski definition) is 2. The van der Waals surface area contributed by atoms with Crippen molar-refractivity contribution in [3.63, 3.8) is 0 Å². The van der Waals surface area contributed by atoms with E-state index in [1.165, 1.54) is 0 Å². The molecule has 0 fully saturated rings. The predicted molar refractivity (Wildman–Crippen MR) is 109 cm³/mol. The average Bonchev–Trinajstić information content (AvgIpc) is 2.68. The number of nitrogens with one attached hydrogen (secondary N) is 2. The summed E-state index contributed by atoms with van der Waals surface area (Å²) < 4.78 is 0. The second-order valence-electron chi connectivity index (χ2n) is 6.82. The number of nitrogens with zero attached hydrogens (tertiary/aromatic N) is 2. The molecule has 0 radical (unpaired) electrons. The minimum atomic E-state index is -0.161. The number of rotatable bonds is 6. The maximum Gasteiger partial charge on any atom is 0.257 e. The fourth-order valence-electron chi connectivity index (χ4n) is 2.89. The first-order valence-electron chi connectivity index (χ1n) is 9.03. The van der Waals surface area contributed by atoms with Gasteiger partial charge in [-0.3, -0.25) is 14.8 Å². The molecule has 3 aromatic rings. The molecule has 5 heteroatoms. The molecule has 5 nitrogen and oxygen atoms in total. The number of pyridine rings is 2. The molecular weight excluding hydrogens is 336 g/mol. The van der Waals surface area contributed by atoms with Gasteiger partial charge in [-0.1, -0.05) is 32.0 Å². The summed E-state index contributed by atoms with van der Waals surface area (Å²) in [7, 11) is 0. The fourth-order valence-corrected chi connectivity index (χ4v) is 2.89. The summed E-state index contributed by atoms with van der Waals surface area (Å²) in [5.74, 6) is 0.165. The molecule has 3 rings (SSSR count). The second-order valence-corrected chi connectivity index (χ2v) is 6.82. The molecule has 27 heavy (non-hydrogen) atoms. The van der Waals surface area contributed by atoms with Gasteiger partial charge in [-0.2, -0.15) is 0 Å². The van der Waals surface area contributed by atoms with Crippen LogP contribution < -0.4 is 10.6 Å². The SMILES string of the molecule is Cc1cccc(C(C)C)c1NC(=O)c1cncc(NCc2ccncc2)c1. The maximum absolute atomic E-state index is 12.8. The van der Waals surface area contributed by atoms with Crippen LogP contribution in [0.15, 0.2) is 61.2 Å². The van der Waals surface area contributed by atoms with Crippen LogP contribution in [0.25, 0.3) is 0 Å². The first-order valence-corrected chi connectivity index (χ1v) is 9.03. The highest BCUT2D eigenvalue weighted by Gasteiger charge is 2.14. The Morgan fingerprint density at radius 3 is 2.59 bits per heavy atom. The van der Waals surface area contributed by atoms with E-state index >= 15 is 0 Å². The highest BCUT2D eigenvalue weighted by Crippen LogP contribution is 2.28. The van der Waals surface area contributed by atoms with Gasteiger partial charge >= 0.3 is 0 Å². The zero-order valence-electron chi connectivity index (χ0n) is 15.9. The normalized spacial score (nSPS) is 10.7. The molecule has 0 aliphatic carbocycles. The van der Waals surface area contributed by atoms with E-state index in [4.69, 9.17) is 0 Å². The zero-order valence-corrected chi connectivity index (χ0v) is 15.9. The number of aromatic nitrogens is 2. The molecule has 0 saturated heterocycles. The zero-order chi connectivity index (χ0) is 19.2. The highest BCUT2D eigenvalue weighted by atomic mass is 16.1. The van der Waals surface area contributed by atoms with Gasteiger partial charge < -0.3 is 10.6 Å². The van der Waals surface area contributed by atoms with E-state index < -0.39 is 0 Å². The van der Waals surface area contributed by atoms with Crippen molar-refractivity contribution in [2.45, 2.75) is 33.2 Å². The molecule has 0 atom stereocenters. The number of hydrogen-bond acceptors (Lipinski definition) is 4. The molecular formula is C22H24N4O. The summed E-state index contributed by atoms with van der Waals surface area (Å²) in [6.45, 7) is 6.89. The lowest BCUT2D eigenvalue weighted by Crippen LogP contribution is -2.15. The van der Waals surface area contributed by atoms with Crippen LogP contribution in [0.1, 0.15) is 46.8 Å². The third-order valence-electron chi connectivity index (χ3n) is 4.41. The molecule has 0 unspecified atom stereocenters. The number of para-hydroxylation sites is 1. The van der Waals surface area contributed by atoms with Crippen molar-refractivity contribution in [1.82, 2.24) is 9.97 Å². The number of anilines is 2. The summed E-state index contributed by atoms with van der Waals surface area (Å²) in [6, 6.07) is 11.8. The Labute approximate surface area is 159 Å². The summed E-state index contributed by atoms with van der Waals surface area (Å²) in [5, 5.41) is 6.35. The molecule has 0 spiro atoms. The summed E-state index contributed by atoms with van der Waals surface area (Å²) in [5.41, 5.74) is 5.49. The molecule has 0 aliphatic rings. The van der Waals surface area contributed by atoms with Gasteiger partial charge in [0, 0.05) is 37.0 Å². The van der Waals surface area contributed by atoms with E-state index in [-0.39, 0.29) is 5.91 Å². The third-order valence-corrected chi connectivity index (χ3v) is 4.41. The van der Waals surface area contributed by atoms with Gasteiger partial charge in [-0.25, -0.2) is 0 Å². The Morgan fingerprint density at radius 1 is 1.07 bits per heavy atom. The van der Waals surface area contributed by atoms with Gasteiger partial charge in [0.25, 0.3) is 5.91 Å². The average molecular weight is 360 g/mol. The van der Waals surface area contributed by atoms with Gasteiger partial charge in [0.15, 0.2) is 0 Å². The lowest BCUT2D eigenvalue weighted by atomic mass is 9.98. The summed E-state index contributed by atoms with van der Waals surface area (Å²) in [6.07, 6.45) is 6.81. The van der Waals surface area contributed by atoms with E-state index in [0.29, 0.717) is 18.0 Å². The number of benzene rings is 1. The van der Waals surface area contributed by atoms with Gasteiger partial charge in [-0.15, -0.1) is 0 Å². The molecule has 2 heterocycles. The second kappa shape index (κ2) is 8.45. The van der Waals surface area contributed by atoms with Gasteiger partial charge in [0.2, 0.25) is 0 Å².